The molecule has 1 heterocycles. The first-order chi connectivity index (χ1) is 10.8. The summed E-state index contributed by atoms with van der Waals surface area (Å²) in [5, 5.41) is 1.07. The van der Waals surface area contributed by atoms with Crippen molar-refractivity contribution in [1.29, 1.82) is 0 Å². The second-order valence-electron chi connectivity index (χ2n) is 6.68. The van der Waals surface area contributed by atoms with Crippen LogP contribution in [0.3, 0.4) is 0 Å². The van der Waals surface area contributed by atoms with Gasteiger partial charge in [-0.1, -0.05) is 18.2 Å². The van der Waals surface area contributed by atoms with Gasteiger partial charge in [0.05, 0.1) is 10.3 Å². The fourth-order valence-electron chi connectivity index (χ4n) is 2.24. The Kier molecular flexibility index (Phi) is 5.52. The summed E-state index contributed by atoms with van der Waals surface area (Å²) in [7, 11) is -1.23. The second kappa shape index (κ2) is 7.21. The van der Waals surface area contributed by atoms with E-state index in [0.717, 1.165) is 16.6 Å². The maximum absolute atomic E-state index is 12.3. The molecule has 23 heavy (non-hydrogen) atoms. The molecule has 5 heteroatoms. The summed E-state index contributed by atoms with van der Waals surface area (Å²) in [6.07, 6.45) is 3.67. The van der Waals surface area contributed by atoms with Crippen molar-refractivity contribution in [3.63, 3.8) is 0 Å². The first-order valence-electron chi connectivity index (χ1n) is 7.84. The van der Waals surface area contributed by atoms with Crippen molar-refractivity contribution in [3.05, 3.63) is 36.5 Å². The van der Waals surface area contributed by atoms with Crippen molar-refractivity contribution in [2.75, 3.05) is 0 Å². The molecule has 0 saturated heterocycles. The van der Waals surface area contributed by atoms with E-state index in [9.17, 15) is 9.00 Å². The molecule has 4 nitrogen and oxygen atoms in total. The summed E-state index contributed by atoms with van der Waals surface area (Å²) in [5.74, 6) is 0.0796. The van der Waals surface area contributed by atoms with E-state index in [1.165, 1.54) is 0 Å². The zero-order chi connectivity index (χ0) is 17.0. The Morgan fingerprint density at radius 1 is 1.17 bits per heavy atom. The zero-order valence-electron chi connectivity index (χ0n) is 14.2. The highest BCUT2D eigenvalue weighted by Gasteiger charge is 2.19. The minimum atomic E-state index is -1.23. The zero-order valence-corrected chi connectivity index (χ0v) is 15.0. The van der Waals surface area contributed by atoms with Gasteiger partial charge in [0, 0.05) is 23.7 Å². The average molecular weight is 332 g/mol. The van der Waals surface area contributed by atoms with Crippen LogP contribution in [0.2, 0.25) is 0 Å². The van der Waals surface area contributed by atoms with Crippen LogP contribution >= 0.6 is 0 Å². The monoisotopic (exact) mass is 332 g/mol. The largest absolute Gasteiger partial charge is 0.287 e. The molecule has 0 bridgehead atoms. The van der Waals surface area contributed by atoms with Crippen LogP contribution in [0.1, 0.15) is 51.8 Å². The molecule has 2 rings (SSSR count). The van der Waals surface area contributed by atoms with E-state index in [-0.39, 0.29) is 10.7 Å². The molecule has 124 valence electrons. The molecule has 0 amide bonds. The van der Waals surface area contributed by atoms with Crippen LogP contribution in [0.4, 0.5) is 0 Å². The summed E-state index contributed by atoms with van der Waals surface area (Å²) in [6, 6.07) is 9.80. The number of benzene rings is 1. The van der Waals surface area contributed by atoms with Crippen LogP contribution in [-0.2, 0) is 11.0 Å². The van der Waals surface area contributed by atoms with Gasteiger partial charge in [0.1, 0.15) is 11.0 Å². The Hall–Kier alpha value is -1.75. The van der Waals surface area contributed by atoms with Crippen LogP contribution in [0.15, 0.2) is 40.9 Å². The summed E-state index contributed by atoms with van der Waals surface area (Å²) in [6.45, 7) is 7.58. The smallest absolute Gasteiger partial charge is 0.231 e. The van der Waals surface area contributed by atoms with Crippen LogP contribution < -0.4 is 0 Å². The normalized spacial score (nSPS) is 14.2. The second-order valence-corrected chi connectivity index (χ2v) is 8.59. The van der Waals surface area contributed by atoms with Crippen LogP contribution in [0.25, 0.3) is 10.9 Å². The molecular weight excluding hydrogens is 308 g/mol. The Bertz CT molecular complexity index is 754. The minimum absolute atomic E-state index is 0.0796. The van der Waals surface area contributed by atoms with E-state index in [1.807, 2.05) is 64.2 Å². The molecule has 0 N–H and O–H groups in total. The van der Waals surface area contributed by atoms with Gasteiger partial charge in [0.25, 0.3) is 0 Å². The third-order valence-electron chi connectivity index (χ3n) is 3.56. The summed E-state index contributed by atoms with van der Waals surface area (Å²) < 4.78 is 17.5. The van der Waals surface area contributed by atoms with Gasteiger partial charge in [0.2, 0.25) is 5.91 Å². The predicted molar refractivity (Wildman–Crippen MR) is 97.4 cm³/mol. The minimum Gasteiger partial charge on any atom is -0.287 e. The van der Waals surface area contributed by atoms with Gasteiger partial charge in [-0.3, -0.25) is 9.36 Å². The average Bonchev–Trinajstić information content (AvgIpc) is 2.90. The Morgan fingerprint density at radius 2 is 1.87 bits per heavy atom. The lowest BCUT2D eigenvalue weighted by atomic mass is 10.2. The van der Waals surface area contributed by atoms with Crippen molar-refractivity contribution in [3.8, 4) is 0 Å². The molecule has 0 fully saturated rings. The molecule has 0 aliphatic rings. The molecule has 0 spiro atoms. The van der Waals surface area contributed by atoms with Crippen molar-refractivity contribution in [2.45, 2.75) is 51.7 Å². The highest BCUT2D eigenvalue weighted by molar-refractivity contribution is 7.85. The SMILES string of the molecule is C/C(CCCC(=O)n1ccc2ccccc21)=N\S(=O)C(C)(C)C. The fraction of sp³-hybridized carbons (Fsp3) is 0.444. The van der Waals surface area contributed by atoms with E-state index in [4.69, 9.17) is 0 Å². The van der Waals surface area contributed by atoms with Crippen molar-refractivity contribution in [2.24, 2.45) is 4.40 Å². The van der Waals surface area contributed by atoms with Gasteiger partial charge in [-0.05, 0) is 52.7 Å². The first-order valence-corrected chi connectivity index (χ1v) is 8.95. The van der Waals surface area contributed by atoms with Crippen LogP contribution in [-0.4, -0.2) is 25.1 Å². The number of carbonyl (C=O) groups excluding carboxylic acids is 1. The molecular formula is C18H24N2O2S. The Labute approximate surface area is 140 Å². The first kappa shape index (κ1) is 17.6. The van der Waals surface area contributed by atoms with Crippen molar-refractivity contribution < 1.29 is 9.00 Å². The highest BCUT2D eigenvalue weighted by Crippen LogP contribution is 2.17. The van der Waals surface area contributed by atoms with E-state index < -0.39 is 11.0 Å². The number of aromatic nitrogens is 1. The molecule has 1 atom stereocenters. The third-order valence-corrected chi connectivity index (χ3v) is 5.09. The van der Waals surface area contributed by atoms with Gasteiger partial charge in [-0.2, -0.15) is 4.40 Å². The Balaban J connectivity index is 1.93. The number of hydrogen-bond acceptors (Lipinski definition) is 2. The van der Waals surface area contributed by atoms with Crippen molar-refractivity contribution in [1.82, 2.24) is 4.57 Å². The summed E-state index contributed by atoms with van der Waals surface area (Å²) in [4.78, 5) is 12.3. The predicted octanol–water partition coefficient (Wildman–Crippen LogP) is 4.37. The van der Waals surface area contributed by atoms with Gasteiger partial charge < -0.3 is 0 Å². The fourth-order valence-corrected chi connectivity index (χ4v) is 2.89. The lowest BCUT2D eigenvalue weighted by molar-refractivity contribution is 0.0906. The summed E-state index contributed by atoms with van der Waals surface area (Å²) >= 11 is 0. The van der Waals surface area contributed by atoms with E-state index in [2.05, 4.69) is 4.40 Å². The molecule has 1 aromatic carbocycles. The molecule has 0 saturated carbocycles. The van der Waals surface area contributed by atoms with Gasteiger partial charge in [-0.15, -0.1) is 0 Å². The quantitative estimate of drug-likeness (QED) is 0.763. The molecule has 0 aliphatic heterocycles. The van der Waals surface area contributed by atoms with Crippen LogP contribution in [0.5, 0.6) is 0 Å². The van der Waals surface area contributed by atoms with E-state index in [1.54, 1.807) is 4.57 Å². The molecule has 0 aliphatic carbocycles. The third kappa shape index (κ3) is 4.61. The molecule has 0 radical (unpaired) electrons. The maximum Gasteiger partial charge on any atom is 0.231 e. The number of carbonyl (C=O) groups is 1. The Morgan fingerprint density at radius 3 is 2.57 bits per heavy atom. The molecule has 1 aromatic heterocycles. The highest BCUT2D eigenvalue weighted by atomic mass is 32.2. The lowest BCUT2D eigenvalue weighted by Crippen LogP contribution is -2.20. The number of rotatable bonds is 5. The van der Waals surface area contributed by atoms with Gasteiger partial charge in [-0.25, -0.2) is 4.21 Å². The van der Waals surface area contributed by atoms with E-state index >= 15 is 0 Å². The topological polar surface area (TPSA) is 51.4 Å². The number of hydrogen-bond donors (Lipinski definition) is 0. The van der Waals surface area contributed by atoms with Gasteiger partial charge in [0.15, 0.2) is 0 Å². The molecule has 2 aromatic rings. The summed E-state index contributed by atoms with van der Waals surface area (Å²) in [5.41, 5.74) is 1.78. The van der Waals surface area contributed by atoms with E-state index in [0.29, 0.717) is 19.3 Å². The maximum atomic E-state index is 12.3. The number of fused-ring (bicyclic) bond motifs is 1. The van der Waals surface area contributed by atoms with Gasteiger partial charge >= 0.3 is 0 Å². The lowest BCUT2D eigenvalue weighted by Gasteiger charge is -2.14. The van der Waals surface area contributed by atoms with Crippen LogP contribution in [0, 0.1) is 0 Å². The number of para-hydroxylation sites is 1. The van der Waals surface area contributed by atoms with Crippen molar-refractivity contribution >= 4 is 33.5 Å². The standard InChI is InChI=1S/C18H24N2O2S/c1-14(19-23(22)18(2,3)4)8-7-11-17(21)20-13-12-15-9-5-6-10-16(15)20/h5-6,9-10,12-13H,7-8,11H2,1-4H3/b19-14+. The molecule has 1 unspecified atom stereocenters. The number of nitrogens with zero attached hydrogens (tertiary/aromatic N) is 2.